The van der Waals surface area contributed by atoms with Gasteiger partial charge in [-0.2, -0.15) is 13.2 Å². The van der Waals surface area contributed by atoms with Crippen LogP contribution < -0.4 is 10.1 Å². The van der Waals surface area contributed by atoms with E-state index in [0.717, 1.165) is 56.5 Å². The maximum atomic E-state index is 12.9. The molecule has 2 aromatic rings. The van der Waals surface area contributed by atoms with Crippen molar-refractivity contribution in [1.82, 2.24) is 10.3 Å². The summed E-state index contributed by atoms with van der Waals surface area (Å²) in [7, 11) is 0. The van der Waals surface area contributed by atoms with Crippen molar-refractivity contribution in [2.75, 3.05) is 6.54 Å². The molecule has 6 heteroatoms. The molecule has 1 aromatic heterocycles. The van der Waals surface area contributed by atoms with Crippen LogP contribution in [0.2, 0.25) is 0 Å². The van der Waals surface area contributed by atoms with Gasteiger partial charge in [0.25, 0.3) is 0 Å². The first-order valence-corrected chi connectivity index (χ1v) is 9.85. The minimum Gasteiger partial charge on any atom is -0.490 e. The molecule has 1 saturated carbocycles. The molecule has 1 fully saturated rings. The highest BCUT2D eigenvalue weighted by molar-refractivity contribution is 5.30. The Bertz CT molecular complexity index is 736. The van der Waals surface area contributed by atoms with Crippen LogP contribution in [0.3, 0.4) is 0 Å². The summed E-state index contributed by atoms with van der Waals surface area (Å²) >= 11 is 0. The van der Waals surface area contributed by atoms with Crippen LogP contribution in [0.25, 0.3) is 0 Å². The lowest BCUT2D eigenvalue weighted by Gasteiger charge is -2.33. The summed E-state index contributed by atoms with van der Waals surface area (Å²) in [5.74, 6) is 1.29. The summed E-state index contributed by atoms with van der Waals surface area (Å²) in [4.78, 5) is 4.12. The van der Waals surface area contributed by atoms with E-state index in [4.69, 9.17) is 4.74 Å². The number of aromatic nitrogens is 1. The van der Waals surface area contributed by atoms with Crippen molar-refractivity contribution in [3.05, 3.63) is 59.9 Å². The average Bonchev–Trinajstić information content (AvgIpc) is 2.68. The van der Waals surface area contributed by atoms with E-state index in [-0.39, 0.29) is 6.10 Å². The fraction of sp³-hybridized carbons (Fsp3) is 0.500. The van der Waals surface area contributed by atoms with Gasteiger partial charge in [-0.05, 0) is 73.9 Å². The van der Waals surface area contributed by atoms with E-state index in [0.29, 0.717) is 17.6 Å². The Morgan fingerprint density at radius 2 is 2.07 bits per heavy atom. The summed E-state index contributed by atoms with van der Waals surface area (Å²) in [6, 6.07) is 9.16. The average molecular weight is 392 g/mol. The quantitative estimate of drug-likeness (QED) is 0.679. The number of pyridine rings is 1. The van der Waals surface area contributed by atoms with Crippen LogP contribution in [-0.2, 0) is 12.7 Å². The van der Waals surface area contributed by atoms with E-state index in [2.05, 4.69) is 17.2 Å². The van der Waals surface area contributed by atoms with Crippen LogP contribution in [0.1, 0.15) is 43.7 Å². The standard InChI is InChI=1S/C22H27F3N2O/c1-16(13-27-15-17-5-4-10-26-14-17)18-6-2-8-20(11-18)28-21-9-3-7-19(12-21)22(23,24)25/h3-5,7,9-10,12,14,16,18,20,27H,2,6,8,11,13,15H2,1H3/t16?,18-,20+/m0/s1. The van der Waals surface area contributed by atoms with Gasteiger partial charge in [0.05, 0.1) is 11.7 Å². The third-order valence-corrected chi connectivity index (χ3v) is 5.45. The van der Waals surface area contributed by atoms with Gasteiger partial charge in [0.2, 0.25) is 0 Å². The SMILES string of the molecule is CC(CNCc1cccnc1)[C@H]1CCC[C@@H](Oc2cccc(C(F)(F)F)c2)C1. The molecule has 3 atom stereocenters. The molecular formula is C22H27F3N2O. The Morgan fingerprint density at radius 1 is 1.21 bits per heavy atom. The fourth-order valence-electron chi connectivity index (χ4n) is 3.86. The summed E-state index contributed by atoms with van der Waals surface area (Å²) < 4.78 is 44.6. The number of hydrogen-bond acceptors (Lipinski definition) is 3. The Hall–Kier alpha value is -2.08. The van der Waals surface area contributed by atoms with Crippen molar-refractivity contribution >= 4 is 0 Å². The van der Waals surface area contributed by atoms with Gasteiger partial charge in [-0.15, -0.1) is 0 Å². The topological polar surface area (TPSA) is 34.2 Å². The summed E-state index contributed by atoms with van der Waals surface area (Å²) in [6.07, 6.45) is 3.20. The molecule has 1 N–H and O–H groups in total. The van der Waals surface area contributed by atoms with Gasteiger partial charge in [0.1, 0.15) is 5.75 Å². The number of nitrogens with zero attached hydrogens (tertiary/aromatic N) is 1. The molecule has 0 bridgehead atoms. The number of ether oxygens (including phenoxy) is 1. The summed E-state index contributed by atoms with van der Waals surface area (Å²) in [5.41, 5.74) is 0.495. The molecule has 0 radical (unpaired) electrons. The van der Waals surface area contributed by atoms with E-state index in [9.17, 15) is 13.2 Å². The lowest BCUT2D eigenvalue weighted by molar-refractivity contribution is -0.137. The number of hydrogen-bond donors (Lipinski definition) is 1. The first-order chi connectivity index (χ1) is 13.4. The second kappa shape index (κ2) is 9.41. The number of rotatable bonds is 7. The van der Waals surface area contributed by atoms with Gasteiger partial charge in [-0.3, -0.25) is 4.98 Å². The van der Waals surface area contributed by atoms with Gasteiger partial charge < -0.3 is 10.1 Å². The second-order valence-electron chi connectivity index (χ2n) is 7.66. The minimum absolute atomic E-state index is 0.0250. The van der Waals surface area contributed by atoms with Crippen molar-refractivity contribution < 1.29 is 17.9 Å². The lowest BCUT2D eigenvalue weighted by Crippen LogP contribution is -2.33. The van der Waals surface area contributed by atoms with Gasteiger partial charge in [0, 0.05) is 18.9 Å². The largest absolute Gasteiger partial charge is 0.490 e. The Morgan fingerprint density at radius 3 is 2.82 bits per heavy atom. The molecule has 0 saturated heterocycles. The monoisotopic (exact) mass is 392 g/mol. The second-order valence-corrected chi connectivity index (χ2v) is 7.66. The maximum absolute atomic E-state index is 12.9. The lowest BCUT2D eigenvalue weighted by atomic mass is 9.79. The van der Waals surface area contributed by atoms with E-state index in [1.54, 1.807) is 12.3 Å². The molecule has 3 rings (SSSR count). The van der Waals surface area contributed by atoms with Gasteiger partial charge in [0.15, 0.2) is 0 Å². The molecule has 28 heavy (non-hydrogen) atoms. The third kappa shape index (κ3) is 5.96. The molecule has 152 valence electrons. The van der Waals surface area contributed by atoms with Crippen LogP contribution in [-0.4, -0.2) is 17.6 Å². The summed E-state index contributed by atoms with van der Waals surface area (Å²) in [5, 5.41) is 3.48. The number of alkyl halides is 3. The van der Waals surface area contributed by atoms with E-state index in [1.807, 2.05) is 18.3 Å². The third-order valence-electron chi connectivity index (χ3n) is 5.45. The molecule has 0 amide bonds. The van der Waals surface area contributed by atoms with Gasteiger partial charge in [-0.1, -0.05) is 19.1 Å². The predicted molar refractivity (Wildman–Crippen MR) is 103 cm³/mol. The van der Waals surface area contributed by atoms with Gasteiger partial charge >= 0.3 is 6.18 Å². The number of halogens is 3. The highest BCUT2D eigenvalue weighted by atomic mass is 19.4. The minimum atomic E-state index is -4.34. The normalized spacial score (nSPS) is 21.3. The van der Waals surface area contributed by atoms with E-state index < -0.39 is 11.7 Å². The van der Waals surface area contributed by atoms with Crippen molar-refractivity contribution in [3.63, 3.8) is 0 Å². The van der Waals surface area contributed by atoms with Crippen LogP contribution in [0.15, 0.2) is 48.8 Å². The fourth-order valence-corrected chi connectivity index (χ4v) is 3.86. The van der Waals surface area contributed by atoms with Crippen molar-refractivity contribution in [1.29, 1.82) is 0 Å². The van der Waals surface area contributed by atoms with Crippen molar-refractivity contribution in [2.24, 2.45) is 11.8 Å². The Labute approximate surface area is 164 Å². The van der Waals surface area contributed by atoms with E-state index >= 15 is 0 Å². The highest BCUT2D eigenvalue weighted by Crippen LogP contribution is 2.35. The Balaban J connectivity index is 1.49. The summed E-state index contributed by atoms with van der Waals surface area (Å²) in [6.45, 7) is 3.92. The van der Waals surface area contributed by atoms with Crippen LogP contribution in [0.4, 0.5) is 13.2 Å². The molecule has 1 aliphatic carbocycles. The first-order valence-electron chi connectivity index (χ1n) is 9.85. The molecule has 1 heterocycles. The zero-order valence-electron chi connectivity index (χ0n) is 16.1. The Kier molecular flexibility index (Phi) is 6.94. The number of nitrogens with one attached hydrogen (secondary N) is 1. The number of benzene rings is 1. The molecule has 1 aromatic carbocycles. The molecule has 0 aliphatic heterocycles. The molecule has 0 spiro atoms. The molecule has 1 aliphatic rings. The van der Waals surface area contributed by atoms with Crippen LogP contribution >= 0.6 is 0 Å². The van der Waals surface area contributed by atoms with Crippen molar-refractivity contribution in [3.8, 4) is 5.75 Å². The zero-order valence-corrected chi connectivity index (χ0v) is 16.1. The first kappa shape index (κ1) is 20.6. The van der Waals surface area contributed by atoms with Crippen LogP contribution in [0.5, 0.6) is 5.75 Å². The highest BCUT2D eigenvalue weighted by Gasteiger charge is 2.31. The molecular weight excluding hydrogens is 365 g/mol. The molecule has 1 unspecified atom stereocenters. The van der Waals surface area contributed by atoms with Crippen LogP contribution in [0, 0.1) is 11.8 Å². The molecule has 3 nitrogen and oxygen atoms in total. The smallest absolute Gasteiger partial charge is 0.416 e. The van der Waals surface area contributed by atoms with Gasteiger partial charge in [-0.25, -0.2) is 0 Å². The van der Waals surface area contributed by atoms with E-state index in [1.165, 1.54) is 6.07 Å². The zero-order chi connectivity index (χ0) is 20.0. The maximum Gasteiger partial charge on any atom is 0.416 e. The van der Waals surface area contributed by atoms with Crippen molar-refractivity contribution in [2.45, 2.75) is 51.4 Å². The predicted octanol–water partition coefficient (Wildman–Crippen LogP) is 5.46.